The van der Waals surface area contributed by atoms with Crippen LogP contribution in [0.25, 0.3) is 55.8 Å². The van der Waals surface area contributed by atoms with E-state index in [1.165, 1.54) is 160 Å². The van der Waals surface area contributed by atoms with Gasteiger partial charge in [-0.15, -0.1) is 0 Å². The first-order chi connectivity index (χ1) is 64.9. The van der Waals surface area contributed by atoms with Crippen molar-refractivity contribution in [3.05, 3.63) is 72.8 Å². The standard InChI is InChI=1S/2C23H36N6O.2C21H32N6O.C12H10ClN5.3CH4/c2*1-4-18(11-30)26-22-27-20(19-21(28-22)29(13-25-19)14(2)3)24-12-23-8-15-5-16(9-23)7-17(6-15)10-23;2*1-3-16(10-28)24-20-25-18(17-19(26-20)27(2)12-23-17)22-11-21-7-13-4-14(8-21)6-15(5-13)9-21;13-12-17-10(9-11(18-12)16-7-15-9)14-6-8-4-2-1-3-5-8;;;/h2*13-18,30H,4-12H2,1-3H3,(H2,24,26,27,28);2*12-16,28H,3-11H2,1-2H3,(H2,22,24,25,26);1-5,7H,6H2,(H2,14,15,16,17,18);3*1H4/t15?,16?,17?,18-,23?;;13?,14?,15?,16-,21?;;;;;/m1.1...../s1. The van der Waals surface area contributed by atoms with Gasteiger partial charge in [-0.25, -0.2) is 24.9 Å². The lowest BCUT2D eigenvalue weighted by Gasteiger charge is -2.57. The Balaban J connectivity index is 0.000000124. The van der Waals surface area contributed by atoms with E-state index in [1.807, 2.05) is 80.1 Å². The van der Waals surface area contributed by atoms with Crippen molar-refractivity contribution in [2.45, 2.75) is 300 Å². The molecule has 0 saturated heterocycles. The van der Waals surface area contributed by atoms with Gasteiger partial charge in [-0.1, -0.05) is 80.3 Å². The molecule has 16 fully saturated rings. The van der Waals surface area contributed by atoms with Crippen LogP contribution >= 0.6 is 11.6 Å². The van der Waals surface area contributed by atoms with Gasteiger partial charge in [-0.05, 0) is 317 Å². The highest BCUT2D eigenvalue weighted by molar-refractivity contribution is 6.28. The Kier molecular flexibility index (Phi) is 31.3. The Morgan fingerprint density at radius 2 is 0.635 bits per heavy atom. The number of benzene rings is 1. The lowest BCUT2D eigenvalue weighted by Crippen LogP contribution is -2.49. The molecular weight excluding hydrogens is 1740 g/mol. The van der Waals surface area contributed by atoms with Crippen LogP contribution in [0.2, 0.25) is 5.28 Å². The third-order valence-electron chi connectivity index (χ3n) is 33.0. The predicted octanol–water partition coefficient (Wildman–Crippen LogP) is 19.3. The molecule has 10 aromatic heterocycles. The zero-order valence-electron chi connectivity index (χ0n) is 80.5. The van der Waals surface area contributed by atoms with E-state index in [4.69, 9.17) is 41.5 Å². The zero-order chi connectivity index (χ0) is 92.7. The second kappa shape index (κ2) is 42.8. The first kappa shape index (κ1) is 100. The predicted molar refractivity (Wildman–Crippen MR) is 550 cm³/mol. The highest BCUT2D eigenvalue weighted by Gasteiger charge is 2.55. The van der Waals surface area contributed by atoms with Crippen molar-refractivity contribution < 1.29 is 20.4 Å². The maximum absolute atomic E-state index is 9.62. The van der Waals surface area contributed by atoms with E-state index in [9.17, 15) is 20.4 Å². The molecule has 33 nitrogen and oxygen atoms in total. The van der Waals surface area contributed by atoms with Crippen LogP contribution in [-0.4, -0.2) is 195 Å². The fourth-order valence-corrected chi connectivity index (χ4v) is 28.2. The third kappa shape index (κ3) is 22.1. The van der Waals surface area contributed by atoms with Crippen molar-refractivity contribution in [3.63, 3.8) is 0 Å². The number of aryl methyl sites for hydroxylation is 2. The van der Waals surface area contributed by atoms with E-state index in [0.29, 0.717) is 63.5 Å². The summed E-state index contributed by atoms with van der Waals surface area (Å²) in [4.78, 5) is 71.5. The van der Waals surface area contributed by atoms with Crippen molar-refractivity contribution in [1.82, 2.24) is 98.0 Å². The summed E-state index contributed by atoms with van der Waals surface area (Å²) in [5.74, 6) is 17.5. The molecule has 16 aliphatic rings. The molecule has 746 valence electrons. The van der Waals surface area contributed by atoms with Gasteiger partial charge in [0, 0.05) is 58.9 Å². The number of imidazole rings is 5. The lowest BCUT2D eigenvalue weighted by atomic mass is 9.49. The summed E-state index contributed by atoms with van der Waals surface area (Å²) in [7, 11) is 3.91. The average molecular weight is 1900 g/mol. The van der Waals surface area contributed by atoms with Gasteiger partial charge in [-0.3, -0.25) is 0 Å². The molecule has 16 aliphatic carbocycles. The molecule has 16 bridgehead atoms. The molecule has 27 rings (SSSR count). The summed E-state index contributed by atoms with van der Waals surface area (Å²) in [5.41, 5.74) is 10.9. The van der Waals surface area contributed by atoms with Crippen molar-refractivity contribution in [3.8, 4) is 0 Å². The van der Waals surface area contributed by atoms with E-state index >= 15 is 0 Å². The average Bonchev–Trinajstić information content (AvgIpc) is 1.74. The second-order valence-electron chi connectivity index (χ2n) is 44.1. The summed E-state index contributed by atoms with van der Waals surface area (Å²) < 4.78 is 8.05. The second-order valence-corrected chi connectivity index (χ2v) is 44.4. The van der Waals surface area contributed by atoms with E-state index in [0.717, 1.165) is 196 Å². The number of rotatable bonds is 33. The summed E-state index contributed by atoms with van der Waals surface area (Å²) >= 11 is 5.85. The van der Waals surface area contributed by atoms with E-state index in [-0.39, 0.29) is 90.2 Å². The molecule has 14 N–H and O–H groups in total. The van der Waals surface area contributed by atoms with Crippen molar-refractivity contribution >= 4 is 120 Å². The summed E-state index contributed by atoms with van der Waals surface area (Å²) in [6, 6.07) is 10.4. The lowest BCUT2D eigenvalue weighted by molar-refractivity contribution is -0.0446. The number of hydrogen-bond acceptors (Lipinski definition) is 28. The van der Waals surface area contributed by atoms with Gasteiger partial charge >= 0.3 is 0 Å². The highest BCUT2D eigenvalue weighted by atomic mass is 35.5. The molecule has 4 atom stereocenters. The fraction of sp³-hybridized carbons (Fsp3) is 0.699. The van der Waals surface area contributed by atoms with Crippen molar-refractivity contribution in [2.75, 3.05) is 100 Å². The van der Waals surface area contributed by atoms with Crippen LogP contribution in [-0.2, 0) is 20.6 Å². The minimum Gasteiger partial charge on any atom is -0.394 e. The van der Waals surface area contributed by atoms with Gasteiger partial charge < -0.3 is 91.5 Å². The highest BCUT2D eigenvalue weighted by Crippen LogP contribution is 2.64. The third-order valence-corrected chi connectivity index (χ3v) is 33.2. The van der Waals surface area contributed by atoms with Gasteiger partial charge in [-0.2, -0.15) is 49.8 Å². The van der Waals surface area contributed by atoms with Gasteiger partial charge in [0.2, 0.25) is 29.1 Å². The Morgan fingerprint density at radius 1 is 0.358 bits per heavy atom. The summed E-state index contributed by atoms with van der Waals surface area (Å²) in [6.45, 7) is 21.6. The Labute approximate surface area is 814 Å². The SMILES string of the molecule is C.C.C.CCC(CO)Nc1nc(NCC23CC4CC(CC(C4)C2)C3)c2ncn(C(C)C)c2n1.CCC(CO)Nc1nc(NCC23CC4CC(CC(C4)C2)C3)c2ncn(C)c2n1.CC[C@H](CO)Nc1nc(NCC23CC4CC(CC(C4)C2)C3)c2ncn(C(C)C)c2n1.CC[C@H](CO)Nc1nc(NCC23CC4CC(CC(C4)C2)C3)c2ncn(C)c2n1.Clc1nc(NCc2ccccc2)c2[nH]cnc2n1. The molecule has 1 aromatic carbocycles. The molecular formula is C103H158ClN29O4. The quantitative estimate of drug-likeness (QED) is 0.0170. The Bertz CT molecular complexity index is 5380. The first-order valence-corrected chi connectivity index (χ1v) is 51.3. The summed E-state index contributed by atoms with van der Waals surface area (Å²) in [5, 5.41) is 69.7. The van der Waals surface area contributed by atoms with E-state index in [1.54, 1.807) is 19.0 Å². The number of fused-ring (bicyclic) bond motifs is 5. The van der Waals surface area contributed by atoms with Gasteiger partial charge in [0.15, 0.2) is 79.4 Å². The summed E-state index contributed by atoms with van der Waals surface area (Å²) in [6.07, 6.45) is 46.2. The van der Waals surface area contributed by atoms with Gasteiger partial charge in [0.1, 0.15) is 5.52 Å². The Hall–Kier alpha value is -9.70. The molecule has 0 amide bonds. The fourth-order valence-electron chi connectivity index (χ4n) is 28.0. The van der Waals surface area contributed by atoms with E-state index in [2.05, 4.69) is 148 Å². The molecule has 11 aromatic rings. The van der Waals surface area contributed by atoms with E-state index < -0.39 is 0 Å². The van der Waals surface area contributed by atoms with Crippen LogP contribution in [0.4, 0.5) is 52.9 Å². The number of H-pyrrole nitrogens is 1. The van der Waals surface area contributed by atoms with Crippen LogP contribution in [0, 0.1) is 92.7 Å². The number of anilines is 9. The molecule has 10 heterocycles. The number of aromatic nitrogens is 20. The van der Waals surface area contributed by atoms with Crippen LogP contribution in [0.1, 0.15) is 275 Å². The molecule has 0 spiro atoms. The van der Waals surface area contributed by atoms with Crippen LogP contribution in [0.5, 0.6) is 0 Å². The number of nitrogens with zero attached hydrogens (tertiary/aromatic N) is 19. The van der Waals surface area contributed by atoms with Crippen LogP contribution < -0.4 is 47.9 Å². The largest absolute Gasteiger partial charge is 0.394 e. The monoisotopic (exact) mass is 1900 g/mol. The molecule has 137 heavy (non-hydrogen) atoms. The first-order valence-electron chi connectivity index (χ1n) is 50.9. The van der Waals surface area contributed by atoms with Gasteiger partial charge in [0.05, 0.1) is 82.2 Å². The minimum atomic E-state index is -0.0473. The number of aliphatic hydroxyl groups is 4. The van der Waals surface area contributed by atoms with Crippen molar-refractivity contribution in [1.29, 1.82) is 0 Å². The number of nitrogens with one attached hydrogen (secondary N) is 10. The molecule has 34 heteroatoms. The van der Waals surface area contributed by atoms with Crippen molar-refractivity contribution in [2.24, 2.45) is 107 Å². The number of halogens is 1. The molecule has 16 saturated carbocycles. The minimum absolute atomic E-state index is 0. The zero-order valence-corrected chi connectivity index (χ0v) is 81.2. The van der Waals surface area contributed by atoms with Crippen LogP contribution in [0.15, 0.2) is 62.0 Å². The smallest absolute Gasteiger partial charge is 0.227 e. The van der Waals surface area contributed by atoms with Gasteiger partial charge in [0.25, 0.3) is 0 Å². The normalized spacial score (nSPS) is 28.0. The number of hydrogen-bond donors (Lipinski definition) is 14. The maximum atomic E-state index is 9.62. The number of aromatic amines is 1. The maximum Gasteiger partial charge on any atom is 0.227 e. The molecule has 0 radical (unpaired) electrons. The van der Waals surface area contributed by atoms with Crippen LogP contribution in [0.3, 0.4) is 0 Å². The number of aliphatic hydroxyl groups excluding tert-OH is 4. The topological polar surface area (TPSA) is 418 Å². The Morgan fingerprint density at radius 3 is 0.912 bits per heavy atom. The molecule has 2 unspecified atom stereocenters. The molecule has 0 aliphatic heterocycles.